The lowest BCUT2D eigenvalue weighted by Crippen LogP contribution is -2.62. The molecule has 0 radical (unpaired) electrons. The molecule has 0 bridgehead atoms. The Morgan fingerprint density at radius 1 is 1.20 bits per heavy atom. The predicted molar refractivity (Wildman–Crippen MR) is 91.4 cm³/mol. The minimum atomic E-state index is -1.32. The summed E-state index contributed by atoms with van der Waals surface area (Å²) < 4.78 is 0. The molecule has 25 heavy (non-hydrogen) atoms. The van der Waals surface area contributed by atoms with Crippen molar-refractivity contribution in [3.8, 4) is 0 Å². The van der Waals surface area contributed by atoms with Gasteiger partial charge in [-0.3, -0.25) is 4.79 Å². The number of carbonyl (C=O) groups is 1. The highest BCUT2D eigenvalue weighted by Gasteiger charge is 2.83. The minimum absolute atomic E-state index is 0.0102. The van der Waals surface area contributed by atoms with Crippen LogP contribution in [0.15, 0.2) is 23.3 Å². The first-order valence-corrected chi connectivity index (χ1v) is 9.18. The highest BCUT2D eigenvalue weighted by Crippen LogP contribution is 2.74. The summed E-state index contributed by atoms with van der Waals surface area (Å²) in [6.45, 7) is 7.19. The van der Waals surface area contributed by atoms with E-state index < -0.39 is 46.4 Å². The van der Waals surface area contributed by atoms with Crippen LogP contribution in [0.5, 0.6) is 0 Å². The third kappa shape index (κ3) is 1.75. The van der Waals surface area contributed by atoms with Gasteiger partial charge in [-0.2, -0.15) is 0 Å². The number of aliphatic hydroxyl groups excluding tert-OH is 2. The Balaban J connectivity index is 1.91. The zero-order chi connectivity index (χ0) is 18.5. The molecule has 5 heteroatoms. The molecule has 4 N–H and O–H groups in total. The fourth-order valence-corrected chi connectivity index (χ4v) is 6.38. The van der Waals surface area contributed by atoms with Gasteiger partial charge in [0.1, 0.15) is 5.60 Å². The van der Waals surface area contributed by atoms with Crippen molar-refractivity contribution < 1.29 is 25.2 Å². The Morgan fingerprint density at radius 3 is 2.44 bits per heavy atom. The maximum Gasteiger partial charge on any atom is 0.162 e. The monoisotopic (exact) mass is 348 g/mol. The standard InChI is InChI=1S/C20H28O5/c1-9-5-13-12(15(9)22)6-11(8-21)7-14-16-18(3,4)20(16,25)17(23)10(2)19(13,14)24/h5,7,10,12-14,16-17,21,23-25H,6,8H2,1-4H3/t10-,12-,13-,14+,16-,17-,19+,20?/m1/s1. The van der Waals surface area contributed by atoms with Crippen molar-refractivity contribution in [3.05, 3.63) is 23.3 Å². The van der Waals surface area contributed by atoms with E-state index in [2.05, 4.69) is 0 Å². The first-order chi connectivity index (χ1) is 11.5. The van der Waals surface area contributed by atoms with E-state index in [0.29, 0.717) is 12.0 Å². The molecule has 2 saturated carbocycles. The van der Waals surface area contributed by atoms with Crippen molar-refractivity contribution in [3.63, 3.8) is 0 Å². The molecule has 0 aliphatic heterocycles. The summed E-state index contributed by atoms with van der Waals surface area (Å²) in [5, 5.41) is 43.7. The molecule has 0 aromatic carbocycles. The van der Waals surface area contributed by atoms with Crippen molar-refractivity contribution in [2.75, 3.05) is 6.61 Å². The van der Waals surface area contributed by atoms with Crippen LogP contribution in [-0.4, -0.2) is 50.1 Å². The molecular formula is C20H28O5. The van der Waals surface area contributed by atoms with Gasteiger partial charge in [0.25, 0.3) is 0 Å². The number of Topliss-reactive ketones (excluding diaryl/α,β-unsaturated/α-hetero) is 1. The lowest BCUT2D eigenvalue weighted by molar-refractivity contribution is -0.192. The SMILES string of the molecule is CC1=C[C@@H]2[C@@H](CC(CO)=C[C@H]3[C@@H]4C(C)(C)C4(O)[C@H](O)[C@@H](C)[C@]23O)C1=O. The third-order valence-corrected chi connectivity index (χ3v) is 7.97. The fraction of sp³-hybridized carbons (Fsp3) is 0.750. The molecule has 4 rings (SSSR count). The summed E-state index contributed by atoms with van der Waals surface area (Å²) in [5.41, 5.74) is -1.73. The molecule has 0 heterocycles. The molecule has 5 nitrogen and oxygen atoms in total. The van der Waals surface area contributed by atoms with Gasteiger partial charge in [-0.05, 0) is 24.5 Å². The average Bonchev–Trinajstić information content (AvgIpc) is 2.92. The number of carbonyl (C=O) groups excluding carboxylic acids is 1. The number of hydrogen-bond acceptors (Lipinski definition) is 5. The topological polar surface area (TPSA) is 98.0 Å². The summed E-state index contributed by atoms with van der Waals surface area (Å²) >= 11 is 0. The second kappa shape index (κ2) is 4.83. The lowest BCUT2D eigenvalue weighted by atomic mass is 9.60. The number of ketones is 1. The summed E-state index contributed by atoms with van der Waals surface area (Å²) in [6, 6.07) is 0. The van der Waals surface area contributed by atoms with Crippen LogP contribution in [0.25, 0.3) is 0 Å². The van der Waals surface area contributed by atoms with Crippen LogP contribution in [0.1, 0.15) is 34.1 Å². The van der Waals surface area contributed by atoms with Crippen LogP contribution in [0.3, 0.4) is 0 Å². The van der Waals surface area contributed by atoms with Crippen LogP contribution in [0.2, 0.25) is 0 Å². The van der Waals surface area contributed by atoms with Gasteiger partial charge in [0.05, 0.1) is 18.3 Å². The summed E-state index contributed by atoms with van der Waals surface area (Å²) in [4.78, 5) is 12.6. The Labute approximate surface area is 148 Å². The smallest absolute Gasteiger partial charge is 0.162 e. The zero-order valence-electron chi connectivity index (χ0n) is 15.2. The van der Waals surface area contributed by atoms with Crippen LogP contribution < -0.4 is 0 Å². The maximum absolute atomic E-state index is 12.6. The van der Waals surface area contributed by atoms with Gasteiger partial charge in [0.15, 0.2) is 5.78 Å². The van der Waals surface area contributed by atoms with Crippen molar-refractivity contribution in [2.24, 2.45) is 35.0 Å². The van der Waals surface area contributed by atoms with Crippen molar-refractivity contribution in [1.29, 1.82) is 0 Å². The molecule has 4 aliphatic rings. The van der Waals surface area contributed by atoms with Gasteiger partial charge in [-0.15, -0.1) is 0 Å². The molecule has 0 aromatic rings. The minimum Gasteiger partial charge on any atom is -0.392 e. The van der Waals surface area contributed by atoms with E-state index >= 15 is 0 Å². The van der Waals surface area contributed by atoms with Crippen LogP contribution in [0.4, 0.5) is 0 Å². The Bertz CT molecular complexity index is 707. The highest BCUT2D eigenvalue weighted by molar-refractivity contribution is 5.99. The molecule has 0 saturated heterocycles. The van der Waals surface area contributed by atoms with Gasteiger partial charge >= 0.3 is 0 Å². The van der Waals surface area contributed by atoms with Crippen molar-refractivity contribution >= 4 is 5.78 Å². The summed E-state index contributed by atoms with van der Waals surface area (Å²) in [7, 11) is 0. The van der Waals surface area contributed by atoms with Gasteiger partial charge in [-0.25, -0.2) is 0 Å². The fourth-order valence-electron chi connectivity index (χ4n) is 6.38. The molecule has 138 valence electrons. The van der Waals surface area contributed by atoms with E-state index in [0.717, 1.165) is 5.57 Å². The number of aliphatic hydroxyl groups is 4. The van der Waals surface area contributed by atoms with E-state index in [1.54, 1.807) is 13.8 Å². The predicted octanol–water partition coefficient (Wildman–Crippen LogP) is 0.815. The van der Waals surface area contributed by atoms with E-state index in [4.69, 9.17) is 0 Å². The Kier molecular flexibility index (Phi) is 3.36. The number of hydrogen-bond donors (Lipinski definition) is 4. The Hall–Kier alpha value is -1.01. The van der Waals surface area contributed by atoms with E-state index in [-0.39, 0.29) is 18.3 Å². The molecule has 0 spiro atoms. The zero-order valence-corrected chi connectivity index (χ0v) is 15.2. The molecular weight excluding hydrogens is 320 g/mol. The van der Waals surface area contributed by atoms with Crippen LogP contribution >= 0.6 is 0 Å². The summed E-state index contributed by atoms with van der Waals surface area (Å²) in [5.74, 6) is -2.10. The molecule has 1 unspecified atom stereocenters. The Morgan fingerprint density at radius 2 is 1.84 bits per heavy atom. The highest BCUT2D eigenvalue weighted by atomic mass is 16.4. The first kappa shape index (κ1) is 17.4. The average molecular weight is 348 g/mol. The van der Waals surface area contributed by atoms with E-state index in [1.807, 2.05) is 26.0 Å². The number of allylic oxidation sites excluding steroid dienone is 1. The van der Waals surface area contributed by atoms with Gasteiger partial charge in [0.2, 0.25) is 0 Å². The molecule has 0 amide bonds. The second-order valence-corrected chi connectivity index (χ2v) is 9.20. The normalized spacial score (nSPS) is 53.2. The number of rotatable bonds is 1. The maximum atomic E-state index is 12.6. The largest absolute Gasteiger partial charge is 0.392 e. The van der Waals surface area contributed by atoms with E-state index in [1.165, 1.54) is 0 Å². The van der Waals surface area contributed by atoms with Gasteiger partial charge in [0, 0.05) is 35.0 Å². The molecule has 0 aromatic heterocycles. The summed E-state index contributed by atoms with van der Waals surface area (Å²) in [6.07, 6.45) is 3.09. The van der Waals surface area contributed by atoms with Crippen LogP contribution in [-0.2, 0) is 4.79 Å². The third-order valence-electron chi connectivity index (χ3n) is 7.97. The van der Waals surface area contributed by atoms with Crippen molar-refractivity contribution in [2.45, 2.75) is 51.4 Å². The first-order valence-electron chi connectivity index (χ1n) is 9.18. The van der Waals surface area contributed by atoms with Crippen LogP contribution in [0, 0.1) is 35.0 Å². The number of fused-ring (bicyclic) bond motifs is 5. The van der Waals surface area contributed by atoms with Gasteiger partial charge < -0.3 is 20.4 Å². The molecule has 8 atom stereocenters. The molecule has 4 aliphatic carbocycles. The lowest BCUT2D eigenvalue weighted by Gasteiger charge is -2.50. The quantitative estimate of drug-likeness (QED) is 0.526. The van der Waals surface area contributed by atoms with Crippen molar-refractivity contribution in [1.82, 2.24) is 0 Å². The van der Waals surface area contributed by atoms with Gasteiger partial charge in [-0.1, -0.05) is 32.9 Å². The van der Waals surface area contributed by atoms with E-state index in [9.17, 15) is 25.2 Å². The second-order valence-electron chi connectivity index (χ2n) is 9.20. The molecule has 2 fully saturated rings.